The Morgan fingerprint density at radius 2 is 1.76 bits per heavy atom. The molecule has 4 rings (SSSR count). The molecule has 172 valence electrons. The van der Waals surface area contributed by atoms with Gasteiger partial charge in [0.2, 0.25) is 0 Å². The van der Waals surface area contributed by atoms with Crippen molar-refractivity contribution in [1.29, 1.82) is 0 Å². The standard InChI is InChI=1S/C26H27ClFN3O2/c1-16-4-7-20(27)14-23(16)29-24-17(2)25(32)30(3)15-22(24)26(33)31-12-10-19(11-13-31)18-5-8-21(28)9-6-18/h4-9,14-15,19,29H,10-13H2,1-3H3. The van der Waals surface area contributed by atoms with Crippen molar-refractivity contribution >= 4 is 28.9 Å². The smallest absolute Gasteiger partial charge is 0.257 e. The van der Waals surface area contributed by atoms with Crippen LogP contribution in [0.15, 0.2) is 53.5 Å². The second kappa shape index (κ2) is 9.40. The maximum absolute atomic E-state index is 13.6. The average Bonchev–Trinajstić information content (AvgIpc) is 2.81. The van der Waals surface area contributed by atoms with E-state index in [9.17, 15) is 14.0 Å². The van der Waals surface area contributed by atoms with Crippen LogP contribution >= 0.6 is 11.6 Å². The summed E-state index contributed by atoms with van der Waals surface area (Å²) in [6.07, 6.45) is 3.21. The number of aryl methyl sites for hydroxylation is 2. The summed E-state index contributed by atoms with van der Waals surface area (Å²) in [6, 6.07) is 12.1. The number of nitrogens with zero attached hydrogens (tertiary/aromatic N) is 2. The van der Waals surface area contributed by atoms with E-state index >= 15 is 0 Å². The van der Waals surface area contributed by atoms with Gasteiger partial charge in [0.25, 0.3) is 11.5 Å². The molecule has 1 N–H and O–H groups in total. The second-order valence-corrected chi connectivity index (χ2v) is 9.10. The Morgan fingerprint density at radius 3 is 2.42 bits per heavy atom. The molecule has 3 aromatic rings. The molecule has 0 aliphatic carbocycles. The summed E-state index contributed by atoms with van der Waals surface area (Å²) in [6.45, 7) is 4.86. The molecule has 1 fully saturated rings. The molecule has 33 heavy (non-hydrogen) atoms. The van der Waals surface area contributed by atoms with Crippen LogP contribution in [-0.2, 0) is 7.05 Å². The van der Waals surface area contributed by atoms with Crippen molar-refractivity contribution in [3.63, 3.8) is 0 Å². The van der Waals surface area contributed by atoms with Gasteiger partial charge in [0.05, 0.1) is 11.3 Å². The lowest BCUT2D eigenvalue weighted by Crippen LogP contribution is -2.39. The van der Waals surface area contributed by atoms with Crippen LogP contribution in [0, 0.1) is 19.7 Å². The zero-order chi connectivity index (χ0) is 23.7. The molecule has 0 unspecified atom stereocenters. The number of amides is 1. The van der Waals surface area contributed by atoms with Crippen molar-refractivity contribution < 1.29 is 9.18 Å². The van der Waals surface area contributed by atoms with Crippen molar-refractivity contribution in [3.05, 3.63) is 92.1 Å². The molecular weight excluding hydrogens is 441 g/mol. The lowest BCUT2D eigenvalue weighted by molar-refractivity contribution is 0.0713. The van der Waals surface area contributed by atoms with E-state index in [0.29, 0.717) is 40.8 Å². The zero-order valence-corrected chi connectivity index (χ0v) is 19.7. The van der Waals surface area contributed by atoms with E-state index in [4.69, 9.17) is 11.6 Å². The minimum Gasteiger partial charge on any atom is -0.354 e. The maximum Gasteiger partial charge on any atom is 0.257 e. The molecule has 0 bridgehead atoms. The number of halogens is 2. The van der Waals surface area contributed by atoms with E-state index in [1.807, 2.05) is 30.0 Å². The Bertz CT molecular complexity index is 1250. The van der Waals surface area contributed by atoms with Crippen LogP contribution in [-0.4, -0.2) is 28.5 Å². The number of benzene rings is 2. The van der Waals surface area contributed by atoms with E-state index in [-0.39, 0.29) is 17.3 Å². The fraction of sp³-hybridized carbons (Fsp3) is 0.308. The molecule has 7 heteroatoms. The van der Waals surface area contributed by atoms with Gasteiger partial charge < -0.3 is 14.8 Å². The SMILES string of the molecule is Cc1ccc(Cl)cc1Nc1c(C(=O)N2CCC(c3ccc(F)cc3)CC2)cn(C)c(=O)c1C. The Labute approximate surface area is 197 Å². The molecule has 0 saturated carbocycles. The lowest BCUT2D eigenvalue weighted by atomic mass is 9.89. The van der Waals surface area contributed by atoms with Gasteiger partial charge in [-0.1, -0.05) is 29.8 Å². The number of carbonyl (C=O) groups is 1. The molecule has 2 aromatic carbocycles. The zero-order valence-electron chi connectivity index (χ0n) is 19.0. The normalized spacial score (nSPS) is 14.4. The highest BCUT2D eigenvalue weighted by Gasteiger charge is 2.27. The minimum atomic E-state index is -0.244. The maximum atomic E-state index is 13.6. The number of piperidine rings is 1. The van der Waals surface area contributed by atoms with Crippen molar-refractivity contribution in [2.45, 2.75) is 32.6 Å². The van der Waals surface area contributed by atoms with Crippen molar-refractivity contribution in [2.75, 3.05) is 18.4 Å². The van der Waals surface area contributed by atoms with Crippen molar-refractivity contribution in [1.82, 2.24) is 9.47 Å². The lowest BCUT2D eigenvalue weighted by Gasteiger charge is -2.33. The third kappa shape index (κ3) is 4.81. The second-order valence-electron chi connectivity index (χ2n) is 8.66. The fourth-order valence-corrected chi connectivity index (χ4v) is 4.57. The monoisotopic (exact) mass is 467 g/mol. The van der Waals surface area contributed by atoms with Crippen molar-refractivity contribution in [2.24, 2.45) is 7.05 Å². The topological polar surface area (TPSA) is 54.3 Å². The fourth-order valence-electron chi connectivity index (χ4n) is 4.40. The first kappa shape index (κ1) is 23.1. The van der Waals surface area contributed by atoms with Crippen LogP contribution < -0.4 is 10.9 Å². The number of likely N-dealkylation sites (tertiary alicyclic amines) is 1. The first-order valence-corrected chi connectivity index (χ1v) is 11.4. The van der Waals surface area contributed by atoms with Crippen LogP contribution in [0.25, 0.3) is 0 Å². The predicted molar refractivity (Wildman–Crippen MR) is 130 cm³/mol. The van der Waals surface area contributed by atoms with Gasteiger partial charge in [-0.25, -0.2) is 4.39 Å². The number of hydrogen-bond donors (Lipinski definition) is 1. The molecule has 2 heterocycles. The number of nitrogens with one attached hydrogen (secondary N) is 1. The van der Waals surface area contributed by atoms with Crippen LogP contribution in [0.2, 0.25) is 5.02 Å². The van der Waals surface area contributed by atoms with Gasteiger partial charge in [0, 0.05) is 42.6 Å². The first-order chi connectivity index (χ1) is 15.7. The molecular formula is C26H27ClFN3O2. The molecule has 0 spiro atoms. The molecule has 0 atom stereocenters. The third-order valence-electron chi connectivity index (χ3n) is 6.42. The Morgan fingerprint density at radius 1 is 1.09 bits per heavy atom. The highest BCUT2D eigenvalue weighted by atomic mass is 35.5. The van der Waals surface area contributed by atoms with Crippen LogP contribution in [0.4, 0.5) is 15.8 Å². The molecule has 1 saturated heterocycles. The van der Waals surface area contributed by atoms with Gasteiger partial charge in [0.15, 0.2) is 0 Å². The van der Waals surface area contributed by atoms with Gasteiger partial charge in [-0.2, -0.15) is 0 Å². The van der Waals surface area contributed by atoms with Crippen LogP contribution in [0.3, 0.4) is 0 Å². The molecule has 0 radical (unpaired) electrons. The van der Waals surface area contributed by atoms with Crippen molar-refractivity contribution in [3.8, 4) is 0 Å². The highest BCUT2D eigenvalue weighted by Crippen LogP contribution is 2.31. The van der Waals surface area contributed by atoms with Crippen LogP contribution in [0.5, 0.6) is 0 Å². The van der Waals surface area contributed by atoms with Crippen LogP contribution in [0.1, 0.15) is 45.8 Å². The highest BCUT2D eigenvalue weighted by molar-refractivity contribution is 6.30. The van der Waals surface area contributed by atoms with Gasteiger partial charge >= 0.3 is 0 Å². The summed E-state index contributed by atoms with van der Waals surface area (Å²) < 4.78 is 14.7. The van der Waals surface area contributed by atoms with E-state index < -0.39 is 0 Å². The quantitative estimate of drug-likeness (QED) is 0.546. The number of pyridine rings is 1. The summed E-state index contributed by atoms with van der Waals surface area (Å²) in [5.41, 5.74) is 4.08. The minimum absolute atomic E-state index is 0.117. The summed E-state index contributed by atoms with van der Waals surface area (Å²) in [7, 11) is 1.65. The number of anilines is 2. The largest absolute Gasteiger partial charge is 0.354 e. The summed E-state index contributed by atoms with van der Waals surface area (Å²) in [5, 5.41) is 3.87. The Balaban J connectivity index is 1.60. The van der Waals surface area contributed by atoms with E-state index in [1.165, 1.54) is 16.7 Å². The van der Waals surface area contributed by atoms with Gasteiger partial charge in [-0.15, -0.1) is 0 Å². The predicted octanol–water partition coefficient (Wildman–Crippen LogP) is 5.56. The Hall–Kier alpha value is -3.12. The molecule has 1 amide bonds. The molecule has 1 aliphatic heterocycles. The summed E-state index contributed by atoms with van der Waals surface area (Å²) in [5.74, 6) is -0.0666. The van der Waals surface area contributed by atoms with E-state index in [2.05, 4.69) is 5.32 Å². The first-order valence-electron chi connectivity index (χ1n) is 11.0. The van der Waals surface area contributed by atoms with Gasteiger partial charge in [0.1, 0.15) is 5.82 Å². The van der Waals surface area contributed by atoms with E-state index in [1.54, 1.807) is 32.3 Å². The van der Waals surface area contributed by atoms with Gasteiger partial charge in [-0.05, 0) is 68.0 Å². The average molecular weight is 468 g/mol. The molecule has 1 aliphatic rings. The molecule has 1 aromatic heterocycles. The van der Waals surface area contributed by atoms with Gasteiger partial charge in [-0.3, -0.25) is 9.59 Å². The Kier molecular flexibility index (Phi) is 6.56. The van der Waals surface area contributed by atoms with E-state index in [0.717, 1.165) is 29.7 Å². The number of rotatable bonds is 4. The summed E-state index contributed by atoms with van der Waals surface area (Å²) >= 11 is 6.17. The summed E-state index contributed by atoms with van der Waals surface area (Å²) in [4.78, 5) is 28.0. The molecule has 5 nitrogen and oxygen atoms in total. The number of hydrogen-bond acceptors (Lipinski definition) is 3. The number of aromatic nitrogens is 1. The number of carbonyl (C=O) groups excluding carboxylic acids is 1. The third-order valence-corrected chi connectivity index (χ3v) is 6.66.